The van der Waals surface area contributed by atoms with Gasteiger partial charge < -0.3 is 4.98 Å². The lowest BCUT2D eigenvalue weighted by molar-refractivity contribution is -0.117. The van der Waals surface area contributed by atoms with Crippen LogP contribution in [0.4, 0.5) is 5.95 Å². The second-order valence-corrected chi connectivity index (χ2v) is 6.00. The third-order valence-corrected chi connectivity index (χ3v) is 4.29. The maximum absolute atomic E-state index is 12.3. The second-order valence-electron chi connectivity index (χ2n) is 5.57. The van der Waals surface area contributed by atoms with Gasteiger partial charge in [-0.15, -0.1) is 5.10 Å². The Morgan fingerprint density at radius 2 is 2.04 bits per heavy atom. The molecule has 0 saturated heterocycles. The molecule has 3 N–H and O–H groups in total. The number of fused-ring (bicyclic) bond motifs is 3. The van der Waals surface area contributed by atoms with Gasteiger partial charge in [0.1, 0.15) is 0 Å². The van der Waals surface area contributed by atoms with Gasteiger partial charge in [0.05, 0.1) is 5.92 Å². The van der Waals surface area contributed by atoms with Crippen LogP contribution in [-0.4, -0.2) is 31.5 Å². The summed E-state index contributed by atoms with van der Waals surface area (Å²) in [6.07, 6.45) is 0. The Kier molecular flexibility index (Phi) is 3.42. The summed E-state index contributed by atoms with van der Waals surface area (Å²) in [5.41, 5.74) is 2.86. The third-order valence-electron chi connectivity index (χ3n) is 4.06. The van der Waals surface area contributed by atoms with E-state index in [9.17, 15) is 4.79 Å². The van der Waals surface area contributed by atoms with Crippen LogP contribution in [0, 0.1) is 0 Å². The molecule has 0 radical (unpaired) electrons. The highest BCUT2D eigenvalue weighted by Gasteiger charge is 2.18. The first-order chi connectivity index (χ1) is 11.6. The predicted octanol–water partition coefficient (Wildman–Crippen LogP) is 3.23. The van der Waals surface area contributed by atoms with E-state index in [1.807, 2.05) is 43.3 Å². The zero-order valence-electron chi connectivity index (χ0n) is 12.7. The summed E-state index contributed by atoms with van der Waals surface area (Å²) in [7, 11) is 0. The molecule has 0 bridgehead atoms. The van der Waals surface area contributed by atoms with Crippen molar-refractivity contribution in [2.45, 2.75) is 12.8 Å². The SMILES string of the molecule is C[C@H](C(=O)Nc1nn[nH]n1)c1ccc2c(c1)[nH]c1ccc(Cl)cc12. The van der Waals surface area contributed by atoms with Crippen molar-refractivity contribution in [3.63, 3.8) is 0 Å². The van der Waals surface area contributed by atoms with Crippen LogP contribution in [0.15, 0.2) is 36.4 Å². The van der Waals surface area contributed by atoms with Crippen molar-refractivity contribution < 1.29 is 4.79 Å². The van der Waals surface area contributed by atoms with Crippen molar-refractivity contribution in [2.75, 3.05) is 5.32 Å². The van der Waals surface area contributed by atoms with E-state index in [0.717, 1.165) is 27.4 Å². The van der Waals surface area contributed by atoms with Gasteiger partial charge in [-0.25, -0.2) is 0 Å². The number of aromatic amines is 2. The van der Waals surface area contributed by atoms with E-state index in [4.69, 9.17) is 11.6 Å². The van der Waals surface area contributed by atoms with Crippen LogP contribution in [0.2, 0.25) is 5.02 Å². The van der Waals surface area contributed by atoms with Crippen LogP contribution in [0.5, 0.6) is 0 Å². The number of tetrazole rings is 1. The Balaban J connectivity index is 1.69. The first kappa shape index (κ1) is 14.6. The normalized spacial score (nSPS) is 12.6. The zero-order valence-corrected chi connectivity index (χ0v) is 13.4. The number of hydrogen-bond donors (Lipinski definition) is 3. The van der Waals surface area contributed by atoms with Crippen molar-refractivity contribution in [3.8, 4) is 0 Å². The number of rotatable bonds is 3. The number of H-pyrrole nitrogens is 2. The highest BCUT2D eigenvalue weighted by molar-refractivity contribution is 6.31. The van der Waals surface area contributed by atoms with Gasteiger partial charge >= 0.3 is 0 Å². The summed E-state index contributed by atoms with van der Waals surface area (Å²) in [5.74, 6) is -0.397. The van der Waals surface area contributed by atoms with Gasteiger partial charge in [0, 0.05) is 26.8 Å². The highest BCUT2D eigenvalue weighted by atomic mass is 35.5. The van der Waals surface area contributed by atoms with Crippen molar-refractivity contribution in [1.82, 2.24) is 25.6 Å². The van der Waals surface area contributed by atoms with Crippen molar-refractivity contribution >= 4 is 45.3 Å². The number of aromatic nitrogens is 5. The van der Waals surface area contributed by atoms with Crippen LogP contribution in [-0.2, 0) is 4.79 Å². The summed E-state index contributed by atoms with van der Waals surface area (Å²) in [5, 5.41) is 18.6. The first-order valence-corrected chi connectivity index (χ1v) is 7.75. The van der Waals surface area contributed by atoms with Crippen molar-refractivity contribution in [1.29, 1.82) is 0 Å². The molecule has 4 aromatic rings. The molecule has 7 nitrogen and oxygen atoms in total. The molecule has 4 rings (SSSR count). The lowest BCUT2D eigenvalue weighted by Gasteiger charge is -2.10. The average Bonchev–Trinajstić information content (AvgIpc) is 3.20. The lowest BCUT2D eigenvalue weighted by atomic mass is 9.99. The van der Waals surface area contributed by atoms with Gasteiger partial charge in [-0.3, -0.25) is 10.1 Å². The van der Waals surface area contributed by atoms with Crippen LogP contribution in [0.1, 0.15) is 18.4 Å². The molecule has 1 atom stereocenters. The van der Waals surface area contributed by atoms with E-state index < -0.39 is 0 Å². The molecule has 0 unspecified atom stereocenters. The zero-order chi connectivity index (χ0) is 16.7. The molecule has 0 aliphatic heterocycles. The van der Waals surface area contributed by atoms with Gasteiger partial charge in [-0.1, -0.05) is 28.8 Å². The van der Waals surface area contributed by atoms with E-state index >= 15 is 0 Å². The van der Waals surface area contributed by atoms with Crippen LogP contribution in [0.25, 0.3) is 21.8 Å². The number of nitrogens with zero attached hydrogens (tertiary/aromatic N) is 3. The van der Waals surface area contributed by atoms with E-state index in [2.05, 4.69) is 30.9 Å². The van der Waals surface area contributed by atoms with E-state index in [-0.39, 0.29) is 17.8 Å². The molecule has 2 heterocycles. The molecule has 0 spiro atoms. The average molecular weight is 341 g/mol. The summed E-state index contributed by atoms with van der Waals surface area (Å²) in [6.45, 7) is 1.83. The molecule has 8 heteroatoms. The Hall–Kier alpha value is -2.93. The Labute approximate surface area is 141 Å². The van der Waals surface area contributed by atoms with Crippen LogP contribution in [0.3, 0.4) is 0 Å². The minimum Gasteiger partial charge on any atom is -0.355 e. The minimum atomic E-state index is -0.358. The quantitative estimate of drug-likeness (QED) is 0.533. The Bertz CT molecular complexity index is 1040. The molecule has 24 heavy (non-hydrogen) atoms. The Morgan fingerprint density at radius 3 is 2.83 bits per heavy atom. The number of carbonyl (C=O) groups is 1. The monoisotopic (exact) mass is 340 g/mol. The molecule has 2 aromatic carbocycles. The van der Waals surface area contributed by atoms with Gasteiger partial charge in [0.2, 0.25) is 5.91 Å². The molecule has 0 fully saturated rings. The minimum absolute atomic E-state index is 0.160. The molecular weight excluding hydrogens is 328 g/mol. The number of hydrogen-bond acceptors (Lipinski definition) is 4. The van der Waals surface area contributed by atoms with Crippen molar-refractivity contribution in [2.24, 2.45) is 0 Å². The fourth-order valence-electron chi connectivity index (χ4n) is 2.75. The molecule has 120 valence electrons. The molecule has 0 aliphatic carbocycles. The topological polar surface area (TPSA) is 99.3 Å². The number of nitrogens with one attached hydrogen (secondary N) is 3. The second kappa shape index (κ2) is 5.61. The van der Waals surface area contributed by atoms with Gasteiger partial charge in [0.15, 0.2) is 0 Å². The largest absolute Gasteiger partial charge is 0.355 e. The van der Waals surface area contributed by atoms with E-state index in [1.165, 1.54) is 0 Å². The fraction of sp³-hybridized carbons (Fsp3) is 0.125. The number of halogens is 1. The molecule has 0 saturated carbocycles. The first-order valence-electron chi connectivity index (χ1n) is 7.37. The molecule has 2 aromatic heterocycles. The van der Waals surface area contributed by atoms with Crippen LogP contribution < -0.4 is 5.32 Å². The Morgan fingerprint density at radius 1 is 1.17 bits per heavy atom. The summed E-state index contributed by atoms with van der Waals surface area (Å²) in [4.78, 5) is 15.7. The number of benzene rings is 2. The smallest absolute Gasteiger partial charge is 0.269 e. The fourth-order valence-corrected chi connectivity index (χ4v) is 2.92. The van der Waals surface area contributed by atoms with Gasteiger partial charge in [-0.2, -0.15) is 5.21 Å². The highest BCUT2D eigenvalue weighted by Crippen LogP contribution is 2.30. The van der Waals surface area contributed by atoms with E-state index in [1.54, 1.807) is 0 Å². The van der Waals surface area contributed by atoms with E-state index in [0.29, 0.717) is 5.02 Å². The number of amides is 1. The lowest BCUT2D eigenvalue weighted by Crippen LogP contribution is -2.19. The maximum Gasteiger partial charge on any atom is 0.269 e. The third kappa shape index (κ3) is 2.48. The predicted molar refractivity (Wildman–Crippen MR) is 92.0 cm³/mol. The van der Waals surface area contributed by atoms with Crippen LogP contribution >= 0.6 is 11.6 Å². The summed E-state index contributed by atoms with van der Waals surface area (Å²) >= 11 is 6.08. The molecule has 0 aliphatic rings. The maximum atomic E-state index is 12.3. The molecular formula is C16H13ClN6O. The summed E-state index contributed by atoms with van der Waals surface area (Å²) in [6, 6.07) is 11.6. The molecule has 1 amide bonds. The van der Waals surface area contributed by atoms with Gasteiger partial charge in [0.25, 0.3) is 5.95 Å². The number of anilines is 1. The standard InChI is InChI=1S/C16H13ClN6O/c1-8(15(24)19-16-20-22-23-21-16)9-2-4-11-12-7-10(17)3-5-13(12)18-14(11)6-9/h2-8,18H,1H3,(H2,19,20,21,22,23,24)/t8-/m0/s1. The van der Waals surface area contributed by atoms with Gasteiger partial charge in [-0.05, 0) is 42.0 Å². The summed E-state index contributed by atoms with van der Waals surface area (Å²) < 4.78 is 0. The van der Waals surface area contributed by atoms with Crippen molar-refractivity contribution in [3.05, 3.63) is 47.0 Å². The number of carbonyl (C=O) groups excluding carboxylic acids is 1.